The average Bonchev–Trinajstić information content (AvgIpc) is 2.20. The first-order valence-corrected chi connectivity index (χ1v) is 7.86. The van der Waals surface area contributed by atoms with Gasteiger partial charge in [0.2, 0.25) is 0 Å². The summed E-state index contributed by atoms with van der Waals surface area (Å²) >= 11 is 1.71. The molecule has 0 bridgehead atoms. The maximum atomic E-state index is 10.0. The molecule has 1 aliphatic carbocycles. The summed E-state index contributed by atoms with van der Waals surface area (Å²) in [6, 6.07) is 0. The molecule has 96 valence electrons. The molecule has 0 spiro atoms. The molecule has 3 heteroatoms. The van der Waals surface area contributed by atoms with Crippen molar-refractivity contribution in [2.24, 2.45) is 11.8 Å². The molecule has 3 atom stereocenters. The van der Waals surface area contributed by atoms with Gasteiger partial charge in [-0.3, -0.25) is 0 Å². The summed E-state index contributed by atoms with van der Waals surface area (Å²) in [4.78, 5) is 0. The number of nitrogens with one attached hydrogen (secondary N) is 1. The Hall–Kier alpha value is 0.270. The van der Waals surface area contributed by atoms with Crippen molar-refractivity contribution in [2.75, 3.05) is 25.1 Å². The summed E-state index contributed by atoms with van der Waals surface area (Å²) in [6.45, 7) is 6.08. The van der Waals surface area contributed by atoms with Crippen LogP contribution in [0.2, 0.25) is 0 Å². The summed E-state index contributed by atoms with van der Waals surface area (Å²) < 4.78 is 0. The van der Waals surface area contributed by atoms with Crippen LogP contribution in [0.3, 0.4) is 0 Å². The molecule has 0 aromatic heterocycles. The summed E-state index contributed by atoms with van der Waals surface area (Å²) in [5.74, 6) is 2.48. The van der Waals surface area contributed by atoms with Crippen molar-refractivity contribution in [3.8, 4) is 0 Å². The summed E-state index contributed by atoms with van der Waals surface area (Å²) in [5, 5.41) is 13.5. The number of hydrogen-bond donors (Lipinski definition) is 2. The zero-order chi connectivity index (χ0) is 12.0. The van der Waals surface area contributed by atoms with Crippen LogP contribution in [-0.4, -0.2) is 35.8 Å². The van der Waals surface area contributed by atoms with Gasteiger partial charge in [-0.25, -0.2) is 0 Å². The first-order valence-electron chi connectivity index (χ1n) is 6.47. The fourth-order valence-corrected chi connectivity index (χ4v) is 3.31. The third kappa shape index (κ3) is 5.07. The minimum atomic E-state index is -0.558. The zero-order valence-electron chi connectivity index (χ0n) is 11.0. The SMILES string of the molecule is CSCC(C)(O)CNCC1CCCCC1C. The van der Waals surface area contributed by atoms with Crippen LogP contribution in [0.1, 0.15) is 39.5 Å². The largest absolute Gasteiger partial charge is 0.388 e. The van der Waals surface area contributed by atoms with Gasteiger partial charge in [0, 0.05) is 12.3 Å². The first kappa shape index (κ1) is 14.3. The van der Waals surface area contributed by atoms with Gasteiger partial charge in [-0.15, -0.1) is 0 Å². The van der Waals surface area contributed by atoms with Crippen LogP contribution in [0.25, 0.3) is 0 Å². The van der Waals surface area contributed by atoms with Crippen molar-refractivity contribution in [1.29, 1.82) is 0 Å². The molecule has 0 saturated heterocycles. The van der Waals surface area contributed by atoms with Gasteiger partial charge < -0.3 is 10.4 Å². The fraction of sp³-hybridized carbons (Fsp3) is 1.00. The Morgan fingerprint density at radius 3 is 2.69 bits per heavy atom. The van der Waals surface area contributed by atoms with Crippen molar-refractivity contribution in [3.63, 3.8) is 0 Å². The van der Waals surface area contributed by atoms with Crippen LogP contribution in [0.15, 0.2) is 0 Å². The maximum absolute atomic E-state index is 10.0. The lowest BCUT2D eigenvalue weighted by atomic mass is 9.80. The van der Waals surface area contributed by atoms with Gasteiger partial charge in [-0.1, -0.05) is 26.2 Å². The van der Waals surface area contributed by atoms with Gasteiger partial charge in [-0.2, -0.15) is 11.8 Å². The second kappa shape index (κ2) is 6.87. The van der Waals surface area contributed by atoms with Crippen LogP contribution in [0.5, 0.6) is 0 Å². The highest BCUT2D eigenvalue weighted by molar-refractivity contribution is 7.98. The van der Waals surface area contributed by atoms with Gasteiger partial charge in [0.15, 0.2) is 0 Å². The molecular weight excluding hydrogens is 218 g/mol. The van der Waals surface area contributed by atoms with Crippen molar-refractivity contribution in [3.05, 3.63) is 0 Å². The Labute approximate surface area is 105 Å². The second-order valence-electron chi connectivity index (χ2n) is 5.58. The van der Waals surface area contributed by atoms with E-state index in [1.165, 1.54) is 25.7 Å². The van der Waals surface area contributed by atoms with E-state index in [-0.39, 0.29) is 0 Å². The fourth-order valence-electron chi connectivity index (χ4n) is 2.59. The van der Waals surface area contributed by atoms with Gasteiger partial charge in [0.05, 0.1) is 5.60 Å². The van der Waals surface area contributed by atoms with Gasteiger partial charge in [0.25, 0.3) is 0 Å². The Kier molecular flexibility index (Phi) is 6.16. The van der Waals surface area contributed by atoms with Crippen molar-refractivity contribution in [1.82, 2.24) is 5.32 Å². The van der Waals surface area contributed by atoms with Crippen LogP contribution in [0, 0.1) is 11.8 Å². The third-order valence-electron chi connectivity index (χ3n) is 3.66. The van der Waals surface area contributed by atoms with Crippen LogP contribution in [-0.2, 0) is 0 Å². The molecule has 0 radical (unpaired) electrons. The summed E-state index contributed by atoms with van der Waals surface area (Å²) in [6.07, 6.45) is 7.57. The van der Waals surface area contributed by atoms with Crippen LogP contribution < -0.4 is 5.32 Å². The molecule has 16 heavy (non-hydrogen) atoms. The monoisotopic (exact) mass is 245 g/mol. The highest BCUT2D eigenvalue weighted by Crippen LogP contribution is 2.28. The van der Waals surface area contributed by atoms with Gasteiger partial charge in [-0.05, 0) is 38.0 Å². The highest BCUT2D eigenvalue weighted by atomic mass is 32.2. The molecule has 1 aliphatic rings. The Bertz CT molecular complexity index is 196. The zero-order valence-corrected chi connectivity index (χ0v) is 11.8. The van der Waals surface area contributed by atoms with E-state index < -0.39 is 5.60 Å². The predicted molar refractivity (Wildman–Crippen MR) is 73.0 cm³/mol. The lowest BCUT2D eigenvalue weighted by molar-refractivity contribution is 0.0816. The molecule has 2 N–H and O–H groups in total. The van der Waals surface area contributed by atoms with E-state index in [1.807, 2.05) is 13.2 Å². The van der Waals surface area contributed by atoms with E-state index in [9.17, 15) is 5.11 Å². The molecule has 1 rings (SSSR count). The standard InChI is InChI=1S/C13H27NOS/c1-11-6-4-5-7-12(11)8-14-9-13(2,15)10-16-3/h11-12,14-15H,4-10H2,1-3H3. The molecule has 0 aromatic rings. The topological polar surface area (TPSA) is 32.3 Å². The van der Waals surface area contributed by atoms with Crippen molar-refractivity contribution < 1.29 is 5.11 Å². The Morgan fingerprint density at radius 2 is 2.06 bits per heavy atom. The third-order valence-corrected chi connectivity index (χ3v) is 4.57. The van der Waals surface area contributed by atoms with Gasteiger partial charge in [0.1, 0.15) is 0 Å². The van der Waals surface area contributed by atoms with Crippen LogP contribution >= 0.6 is 11.8 Å². The number of hydrogen-bond acceptors (Lipinski definition) is 3. The highest BCUT2D eigenvalue weighted by Gasteiger charge is 2.23. The minimum Gasteiger partial charge on any atom is -0.388 e. The average molecular weight is 245 g/mol. The molecular formula is C13H27NOS. The quantitative estimate of drug-likeness (QED) is 0.754. The lowest BCUT2D eigenvalue weighted by Gasteiger charge is -2.30. The van der Waals surface area contributed by atoms with E-state index in [0.717, 1.165) is 30.7 Å². The Balaban J connectivity index is 2.18. The molecule has 2 nitrogen and oxygen atoms in total. The minimum absolute atomic E-state index is 0.558. The van der Waals surface area contributed by atoms with E-state index in [2.05, 4.69) is 12.2 Å². The smallest absolute Gasteiger partial charge is 0.0833 e. The molecule has 1 fully saturated rings. The lowest BCUT2D eigenvalue weighted by Crippen LogP contribution is -2.42. The van der Waals surface area contributed by atoms with E-state index in [1.54, 1.807) is 11.8 Å². The summed E-state index contributed by atoms with van der Waals surface area (Å²) in [5.41, 5.74) is -0.558. The van der Waals surface area contributed by atoms with E-state index >= 15 is 0 Å². The maximum Gasteiger partial charge on any atom is 0.0833 e. The number of thioether (sulfide) groups is 1. The van der Waals surface area contributed by atoms with Crippen LogP contribution in [0.4, 0.5) is 0 Å². The van der Waals surface area contributed by atoms with Gasteiger partial charge >= 0.3 is 0 Å². The molecule has 3 unspecified atom stereocenters. The normalized spacial score (nSPS) is 30.0. The molecule has 0 aliphatic heterocycles. The molecule has 0 heterocycles. The predicted octanol–water partition coefficient (Wildman–Crippen LogP) is 2.52. The molecule has 1 saturated carbocycles. The van der Waals surface area contributed by atoms with Crippen molar-refractivity contribution in [2.45, 2.75) is 45.1 Å². The van der Waals surface area contributed by atoms with E-state index in [4.69, 9.17) is 0 Å². The number of rotatable bonds is 6. The number of aliphatic hydroxyl groups is 1. The van der Waals surface area contributed by atoms with E-state index in [0.29, 0.717) is 0 Å². The second-order valence-corrected chi connectivity index (χ2v) is 6.45. The Morgan fingerprint density at radius 1 is 1.38 bits per heavy atom. The summed E-state index contributed by atoms with van der Waals surface area (Å²) in [7, 11) is 0. The van der Waals surface area contributed by atoms with Crippen molar-refractivity contribution >= 4 is 11.8 Å². The molecule has 0 aromatic carbocycles. The molecule has 0 amide bonds. The first-order chi connectivity index (χ1) is 7.55.